The van der Waals surface area contributed by atoms with Crippen molar-refractivity contribution in [2.75, 3.05) is 19.6 Å². The van der Waals surface area contributed by atoms with Crippen LogP contribution in [-0.2, 0) is 0 Å². The predicted octanol–water partition coefficient (Wildman–Crippen LogP) is 4.07. The van der Waals surface area contributed by atoms with E-state index in [1.165, 1.54) is 36.1 Å². The highest BCUT2D eigenvalue weighted by atomic mass is 15.2. The summed E-state index contributed by atoms with van der Waals surface area (Å²) in [6.07, 6.45) is 2.77. The van der Waals surface area contributed by atoms with E-state index in [0.717, 1.165) is 25.0 Å². The average molecular weight is 288 g/mol. The van der Waals surface area contributed by atoms with Gasteiger partial charge in [-0.15, -0.1) is 0 Å². The van der Waals surface area contributed by atoms with Crippen LogP contribution in [0.1, 0.15) is 56.3 Å². The van der Waals surface area contributed by atoms with Crippen molar-refractivity contribution in [1.82, 2.24) is 10.2 Å². The Bertz CT molecular complexity index is 449. The molecule has 1 atom stereocenters. The number of nitrogens with zero attached hydrogens (tertiary/aromatic N) is 1. The first-order valence-electron chi connectivity index (χ1n) is 8.55. The van der Waals surface area contributed by atoms with Gasteiger partial charge in [-0.3, -0.25) is 4.90 Å². The molecule has 1 aliphatic carbocycles. The standard InChI is InChI=1S/C19H32N2/c1-6-20-19(17-8-7-15(4)16(5)11-17)13-21(12-14(2)3)18-9-10-18/h7-8,11,14,18-20H,6,9-10,12-13H2,1-5H3. The van der Waals surface area contributed by atoms with Gasteiger partial charge in [0.2, 0.25) is 0 Å². The zero-order valence-corrected chi connectivity index (χ0v) is 14.4. The highest BCUT2D eigenvalue weighted by Crippen LogP contribution is 2.30. The minimum atomic E-state index is 0.452. The summed E-state index contributed by atoms with van der Waals surface area (Å²) in [7, 11) is 0. The number of hydrogen-bond donors (Lipinski definition) is 1. The van der Waals surface area contributed by atoms with Gasteiger partial charge in [0, 0.05) is 25.2 Å². The van der Waals surface area contributed by atoms with E-state index in [9.17, 15) is 0 Å². The van der Waals surface area contributed by atoms with Crippen molar-refractivity contribution >= 4 is 0 Å². The van der Waals surface area contributed by atoms with E-state index in [1.807, 2.05) is 0 Å². The Labute approximate surface area is 130 Å². The van der Waals surface area contributed by atoms with Crippen LogP contribution in [0.4, 0.5) is 0 Å². The molecule has 0 heterocycles. The zero-order chi connectivity index (χ0) is 15.4. The molecule has 0 aromatic heterocycles. The molecular formula is C19H32N2. The maximum Gasteiger partial charge on any atom is 0.0449 e. The lowest BCUT2D eigenvalue weighted by atomic mass is 10.00. The van der Waals surface area contributed by atoms with Crippen LogP contribution in [0.5, 0.6) is 0 Å². The van der Waals surface area contributed by atoms with E-state index in [0.29, 0.717) is 6.04 Å². The molecule has 118 valence electrons. The highest BCUT2D eigenvalue weighted by molar-refractivity contribution is 5.32. The Hall–Kier alpha value is -0.860. The minimum Gasteiger partial charge on any atom is -0.309 e. The molecule has 1 aliphatic rings. The van der Waals surface area contributed by atoms with Gasteiger partial charge in [-0.1, -0.05) is 39.0 Å². The molecule has 0 spiro atoms. The summed E-state index contributed by atoms with van der Waals surface area (Å²) in [5.74, 6) is 0.743. The van der Waals surface area contributed by atoms with Gasteiger partial charge in [0.05, 0.1) is 0 Å². The van der Waals surface area contributed by atoms with Crippen molar-refractivity contribution < 1.29 is 0 Å². The Kier molecular flexibility index (Phi) is 5.83. The van der Waals surface area contributed by atoms with E-state index in [1.54, 1.807) is 0 Å². The Morgan fingerprint density at radius 1 is 1.14 bits per heavy atom. The van der Waals surface area contributed by atoms with Crippen LogP contribution in [0.2, 0.25) is 0 Å². The summed E-state index contributed by atoms with van der Waals surface area (Å²) >= 11 is 0. The van der Waals surface area contributed by atoms with Crippen molar-refractivity contribution in [2.45, 2.75) is 59.5 Å². The third-order valence-corrected chi connectivity index (χ3v) is 4.46. The molecule has 0 bridgehead atoms. The van der Waals surface area contributed by atoms with Gasteiger partial charge in [0.25, 0.3) is 0 Å². The second-order valence-corrected chi connectivity index (χ2v) is 7.03. The number of rotatable bonds is 8. The lowest BCUT2D eigenvalue weighted by Gasteiger charge is -2.30. The summed E-state index contributed by atoms with van der Waals surface area (Å²) in [6, 6.07) is 8.21. The zero-order valence-electron chi connectivity index (χ0n) is 14.4. The second-order valence-electron chi connectivity index (χ2n) is 7.03. The predicted molar refractivity (Wildman–Crippen MR) is 91.8 cm³/mol. The lowest BCUT2D eigenvalue weighted by molar-refractivity contribution is 0.210. The monoisotopic (exact) mass is 288 g/mol. The van der Waals surface area contributed by atoms with E-state index in [2.05, 4.69) is 63.0 Å². The van der Waals surface area contributed by atoms with Crippen LogP contribution < -0.4 is 5.32 Å². The normalized spacial score (nSPS) is 16.7. The number of benzene rings is 1. The third kappa shape index (κ3) is 4.82. The SMILES string of the molecule is CCNC(CN(CC(C)C)C1CC1)c1ccc(C)c(C)c1. The molecule has 0 saturated heterocycles. The molecule has 2 nitrogen and oxygen atoms in total. The second kappa shape index (κ2) is 7.42. The van der Waals surface area contributed by atoms with Crippen LogP contribution in [0.15, 0.2) is 18.2 Å². The lowest BCUT2D eigenvalue weighted by Crippen LogP contribution is -2.38. The molecule has 2 rings (SSSR count). The molecule has 1 aromatic rings. The fourth-order valence-corrected chi connectivity index (χ4v) is 3.03. The summed E-state index contributed by atoms with van der Waals surface area (Å²) in [6.45, 7) is 14.7. The van der Waals surface area contributed by atoms with Crippen molar-refractivity contribution in [3.05, 3.63) is 34.9 Å². The van der Waals surface area contributed by atoms with Crippen LogP contribution >= 0.6 is 0 Å². The number of likely N-dealkylation sites (N-methyl/N-ethyl adjacent to an activating group) is 1. The average Bonchev–Trinajstić information content (AvgIpc) is 3.24. The van der Waals surface area contributed by atoms with Crippen LogP contribution in [0, 0.1) is 19.8 Å². The van der Waals surface area contributed by atoms with Crippen LogP contribution in [0.25, 0.3) is 0 Å². The molecule has 0 radical (unpaired) electrons. The van der Waals surface area contributed by atoms with E-state index >= 15 is 0 Å². The Morgan fingerprint density at radius 3 is 2.38 bits per heavy atom. The van der Waals surface area contributed by atoms with Gasteiger partial charge in [0.1, 0.15) is 0 Å². The maximum atomic E-state index is 3.69. The van der Waals surface area contributed by atoms with Gasteiger partial charge in [0.15, 0.2) is 0 Å². The van der Waals surface area contributed by atoms with Gasteiger partial charge in [-0.25, -0.2) is 0 Å². The summed E-state index contributed by atoms with van der Waals surface area (Å²) < 4.78 is 0. The van der Waals surface area contributed by atoms with Crippen molar-refractivity contribution in [3.63, 3.8) is 0 Å². The number of aryl methyl sites for hydroxylation is 2. The molecule has 1 fully saturated rings. The van der Waals surface area contributed by atoms with Gasteiger partial charge in [-0.05, 0) is 55.8 Å². The molecule has 21 heavy (non-hydrogen) atoms. The van der Waals surface area contributed by atoms with E-state index in [4.69, 9.17) is 0 Å². The molecule has 2 heteroatoms. The summed E-state index contributed by atoms with van der Waals surface area (Å²) in [5.41, 5.74) is 4.22. The van der Waals surface area contributed by atoms with Gasteiger partial charge in [-0.2, -0.15) is 0 Å². The Balaban J connectivity index is 2.11. The fraction of sp³-hybridized carbons (Fsp3) is 0.684. The third-order valence-electron chi connectivity index (χ3n) is 4.46. The fourth-order valence-electron chi connectivity index (χ4n) is 3.03. The van der Waals surface area contributed by atoms with E-state index in [-0.39, 0.29) is 0 Å². The summed E-state index contributed by atoms with van der Waals surface area (Å²) in [5, 5.41) is 3.69. The van der Waals surface area contributed by atoms with Crippen molar-refractivity contribution in [2.24, 2.45) is 5.92 Å². The highest BCUT2D eigenvalue weighted by Gasteiger charge is 2.31. The molecule has 1 aromatic carbocycles. The minimum absolute atomic E-state index is 0.452. The maximum absolute atomic E-state index is 3.69. The topological polar surface area (TPSA) is 15.3 Å². The quantitative estimate of drug-likeness (QED) is 0.775. The first kappa shape index (κ1) is 16.5. The summed E-state index contributed by atoms with van der Waals surface area (Å²) in [4.78, 5) is 2.70. The molecule has 1 unspecified atom stereocenters. The largest absolute Gasteiger partial charge is 0.309 e. The smallest absolute Gasteiger partial charge is 0.0449 e. The number of nitrogens with one attached hydrogen (secondary N) is 1. The molecule has 0 amide bonds. The van der Waals surface area contributed by atoms with Crippen LogP contribution in [-0.4, -0.2) is 30.6 Å². The molecule has 0 aliphatic heterocycles. The number of hydrogen-bond acceptors (Lipinski definition) is 2. The van der Waals surface area contributed by atoms with Gasteiger partial charge >= 0.3 is 0 Å². The molecular weight excluding hydrogens is 256 g/mol. The van der Waals surface area contributed by atoms with E-state index < -0.39 is 0 Å². The molecule has 1 N–H and O–H groups in total. The van der Waals surface area contributed by atoms with Crippen LogP contribution in [0.3, 0.4) is 0 Å². The Morgan fingerprint density at radius 2 is 1.86 bits per heavy atom. The first-order chi connectivity index (χ1) is 10.0. The van der Waals surface area contributed by atoms with Crippen molar-refractivity contribution in [3.8, 4) is 0 Å². The van der Waals surface area contributed by atoms with Crippen molar-refractivity contribution in [1.29, 1.82) is 0 Å². The first-order valence-corrected chi connectivity index (χ1v) is 8.55. The van der Waals surface area contributed by atoms with Gasteiger partial charge < -0.3 is 5.32 Å². The molecule has 1 saturated carbocycles.